The largest absolute Gasteiger partial charge is 0.387 e. The molecule has 1 aliphatic rings. The molecule has 0 aromatic carbocycles. The molecule has 0 radical (unpaired) electrons. The summed E-state index contributed by atoms with van der Waals surface area (Å²) in [6.07, 6.45) is -2.61. The number of halogens is 1. The van der Waals surface area contributed by atoms with Crippen LogP contribution in [0, 0.1) is 11.8 Å². The molecule has 0 bridgehead atoms. The number of anilines is 1. The molecule has 1 fully saturated rings. The van der Waals surface area contributed by atoms with E-state index in [1.807, 2.05) is 13.8 Å². The van der Waals surface area contributed by atoms with E-state index in [4.69, 9.17) is 22.1 Å². The molecule has 1 saturated heterocycles. The van der Waals surface area contributed by atoms with Crippen LogP contribution in [0.3, 0.4) is 0 Å². The maximum atomic E-state index is 12.9. The van der Waals surface area contributed by atoms with Crippen LogP contribution in [0.25, 0.3) is 11.2 Å². The van der Waals surface area contributed by atoms with Gasteiger partial charge in [0.2, 0.25) is 5.82 Å². The maximum absolute atomic E-state index is 12.9. The second-order valence-corrected chi connectivity index (χ2v) is 8.88. The van der Waals surface area contributed by atoms with Crippen LogP contribution in [-0.2, 0) is 9.53 Å². The molecule has 4 rings (SSSR count). The van der Waals surface area contributed by atoms with Crippen molar-refractivity contribution in [2.45, 2.75) is 44.4 Å². The van der Waals surface area contributed by atoms with Crippen molar-refractivity contribution < 1.29 is 24.5 Å². The number of rotatable bonds is 5. The van der Waals surface area contributed by atoms with E-state index in [2.05, 4.69) is 37.1 Å². The first-order valence-electron chi connectivity index (χ1n) is 11.3. The third-order valence-electron chi connectivity index (χ3n) is 5.77. The lowest BCUT2D eigenvalue weighted by Crippen LogP contribution is -2.41. The van der Waals surface area contributed by atoms with Gasteiger partial charge in [0.15, 0.2) is 23.8 Å². The van der Waals surface area contributed by atoms with E-state index < -0.39 is 30.4 Å². The molecule has 0 aliphatic carbocycles. The molecular weight excluding hydrogens is 504 g/mol. The van der Waals surface area contributed by atoms with Gasteiger partial charge in [-0.05, 0) is 31.9 Å². The van der Waals surface area contributed by atoms with Crippen molar-refractivity contribution in [1.29, 1.82) is 0 Å². The molecule has 4 atom stereocenters. The van der Waals surface area contributed by atoms with E-state index in [0.717, 1.165) is 0 Å². The Balaban J connectivity index is 1.60. The second-order valence-electron chi connectivity index (χ2n) is 8.50. The summed E-state index contributed by atoms with van der Waals surface area (Å²) < 4.78 is 6.96. The summed E-state index contributed by atoms with van der Waals surface area (Å²) in [5.41, 5.74) is 6.84. The number of aromatic nitrogens is 5. The van der Waals surface area contributed by atoms with E-state index in [-0.39, 0.29) is 46.5 Å². The lowest BCUT2D eigenvalue weighted by Gasteiger charge is -2.24. The Morgan fingerprint density at radius 1 is 1.27 bits per heavy atom. The number of carbonyl (C=O) groups excluding carboxylic acids is 2. The standard InChI is InChI=1S/C23H25ClN8O5/c1-11(2)31(22(36)12-6-7-13(24)27-9-12)8-4-5-14-29-19(25)15-20(30-14)32(10-28-15)23-17(34)16(33)18(37-23)21(35)26-3/h6-7,9-11,16-18,23,33-34H,8H2,1-3H3,(H,26,35)(H2,25,29,30)/t16-,17+,18?,23?/m0/s1. The van der Waals surface area contributed by atoms with E-state index in [1.54, 1.807) is 11.0 Å². The molecule has 3 aromatic heterocycles. The fraction of sp³-hybridized carbons (Fsp3) is 0.391. The lowest BCUT2D eigenvalue weighted by molar-refractivity contribution is -0.137. The van der Waals surface area contributed by atoms with Crippen LogP contribution in [0.15, 0.2) is 24.7 Å². The van der Waals surface area contributed by atoms with E-state index in [9.17, 15) is 19.8 Å². The highest BCUT2D eigenvalue weighted by atomic mass is 35.5. The number of nitrogens with zero attached hydrogens (tertiary/aromatic N) is 6. The second kappa shape index (κ2) is 10.7. The first-order valence-corrected chi connectivity index (χ1v) is 11.6. The van der Waals surface area contributed by atoms with Crippen molar-refractivity contribution in [3.63, 3.8) is 0 Å². The summed E-state index contributed by atoms with van der Waals surface area (Å²) in [5.74, 6) is 4.92. The number of carbonyl (C=O) groups is 2. The van der Waals surface area contributed by atoms with Gasteiger partial charge < -0.3 is 30.9 Å². The molecule has 5 N–H and O–H groups in total. The van der Waals surface area contributed by atoms with Gasteiger partial charge in [-0.25, -0.2) is 19.9 Å². The van der Waals surface area contributed by atoms with Crippen LogP contribution in [0.4, 0.5) is 5.82 Å². The Morgan fingerprint density at radius 2 is 2.03 bits per heavy atom. The highest BCUT2D eigenvalue weighted by molar-refractivity contribution is 6.29. The van der Waals surface area contributed by atoms with Crippen molar-refractivity contribution in [2.75, 3.05) is 19.3 Å². The molecular formula is C23H25ClN8O5. The Morgan fingerprint density at radius 3 is 2.68 bits per heavy atom. The van der Waals surface area contributed by atoms with Gasteiger partial charge in [-0.15, -0.1) is 0 Å². The van der Waals surface area contributed by atoms with Gasteiger partial charge in [0.05, 0.1) is 18.4 Å². The molecule has 37 heavy (non-hydrogen) atoms. The smallest absolute Gasteiger partial charge is 0.256 e. The minimum Gasteiger partial charge on any atom is -0.387 e. The van der Waals surface area contributed by atoms with Crippen LogP contribution < -0.4 is 11.1 Å². The minimum atomic E-state index is -1.46. The van der Waals surface area contributed by atoms with Crippen LogP contribution in [0.1, 0.15) is 36.3 Å². The number of pyridine rings is 1. The number of hydrogen-bond donors (Lipinski definition) is 4. The van der Waals surface area contributed by atoms with Crippen LogP contribution in [-0.4, -0.2) is 89.4 Å². The maximum Gasteiger partial charge on any atom is 0.256 e. The van der Waals surface area contributed by atoms with Gasteiger partial charge in [-0.1, -0.05) is 17.5 Å². The fourth-order valence-corrected chi connectivity index (χ4v) is 3.90. The third kappa shape index (κ3) is 5.18. The van der Waals surface area contributed by atoms with Crippen molar-refractivity contribution in [2.24, 2.45) is 0 Å². The van der Waals surface area contributed by atoms with Gasteiger partial charge in [-0.2, -0.15) is 0 Å². The first-order chi connectivity index (χ1) is 17.6. The molecule has 2 unspecified atom stereocenters. The van der Waals surface area contributed by atoms with Gasteiger partial charge >= 0.3 is 0 Å². The molecule has 194 valence electrons. The van der Waals surface area contributed by atoms with Crippen LogP contribution in [0.5, 0.6) is 0 Å². The predicted molar refractivity (Wildman–Crippen MR) is 132 cm³/mol. The van der Waals surface area contributed by atoms with Crippen molar-refractivity contribution in [3.05, 3.63) is 41.2 Å². The number of aliphatic hydroxyl groups is 2. The van der Waals surface area contributed by atoms with Crippen molar-refractivity contribution in [3.8, 4) is 11.8 Å². The summed E-state index contributed by atoms with van der Waals surface area (Å²) in [6, 6.07) is 2.97. The summed E-state index contributed by atoms with van der Waals surface area (Å²) in [4.78, 5) is 43.1. The Labute approximate surface area is 216 Å². The highest BCUT2D eigenvalue weighted by Gasteiger charge is 2.47. The Hall–Kier alpha value is -3.83. The molecule has 3 aromatic rings. The molecule has 4 heterocycles. The number of likely N-dealkylation sites (N-methyl/N-ethyl adjacent to an activating group) is 1. The summed E-state index contributed by atoms with van der Waals surface area (Å²) in [6.45, 7) is 3.79. The number of nitrogens with two attached hydrogens (primary N) is 1. The number of fused-ring (bicyclic) bond motifs is 1. The number of ether oxygens (including phenoxy) is 1. The van der Waals surface area contributed by atoms with Gasteiger partial charge in [0.25, 0.3) is 11.8 Å². The predicted octanol–water partition coefficient (Wildman–Crippen LogP) is -0.276. The van der Waals surface area contributed by atoms with Crippen molar-refractivity contribution >= 4 is 40.4 Å². The van der Waals surface area contributed by atoms with Crippen LogP contribution in [0.2, 0.25) is 5.15 Å². The Bertz CT molecular complexity index is 1380. The zero-order valence-electron chi connectivity index (χ0n) is 20.2. The molecule has 0 spiro atoms. The number of amides is 2. The molecule has 13 nitrogen and oxygen atoms in total. The monoisotopic (exact) mass is 528 g/mol. The number of nitrogen functional groups attached to an aromatic ring is 1. The third-order valence-corrected chi connectivity index (χ3v) is 6.00. The SMILES string of the molecule is CNC(=O)C1OC(n2cnc3c(N)nc(C#CCN(C(=O)c4ccc(Cl)nc4)C(C)C)nc32)[C@H](O)[C@@H]1O. The number of aliphatic hydroxyl groups excluding tert-OH is 2. The van der Waals surface area contributed by atoms with Crippen LogP contribution >= 0.6 is 11.6 Å². The summed E-state index contributed by atoms with van der Waals surface area (Å²) in [5, 5.41) is 23.4. The lowest BCUT2D eigenvalue weighted by atomic mass is 10.1. The molecule has 14 heteroatoms. The highest BCUT2D eigenvalue weighted by Crippen LogP contribution is 2.32. The normalized spacial score (nSPS) is 21.1. The summed E-state index contributed by atoms with van der Waals surface area (Å²) in [7, 11) is 1.39. The minimum absolute atomic E-state index is 0.0352. The Kier molecular flexibility index (Phi) is 7.55. The average molecular weight is 529 g/mol. The molecule has 0 saturated carbocycles. The first kappa shape index (κ1) is 26.2. The topological polar surface area (TPSA) is 182 Å². The van der Waals surface area contributed by atoms with Gasteiger partial charge in [0.1, 0.15) is 22.9 Å². The van der Waals surface area contributed by atoms with Gasteiger partial charge in [-0.3, -0.25) is 14.2 Å². The summed E-state index contributed by atoms with van der Waals surface area (Å²) >= 11 is 5.81. The number of imidazole rings is 1. The van der Waals surface area contributed by atoms with E-state index >= 15 is 0 Å². The number of hydrogen-bond acceptors (Lipinski definition) is 10. The number of nitrogens with one attached hydrogen (secondary N) is 1. The zero-order valence-corrected chi connectivity index (χ0v) is 20.9. The van der Waals surface area contributed by atoms with E-state index in [1.165, 1.54) is 30.2 Å². The van der Waals surface area contributed by atoms with Crippen molar-refractivity contribution in [1.82, 2.24) is 34.7 Å². The molecule has 2 amide bonds. The zero-order chi connectivity index (χ0) is 26.9. The van der Waals surface area contributed by atoms with E-state index in [0.29, 0.717) is 5.56 Å². The average Bonchev–Trinajstić information content (AvgIpc) is 3.42. The van der Waals surface area contributed by atoms with Gasteiger partial charge in [0, 0.05) is 19.3 Å². The molecule has 1 aliphatic heterocycles. The quantitative estimate of drug-likeness (QED) is 0.254. The fourth-order valence-electron chi connectivity index (χ4n) is 3.79.